The van der Waals surface area contributed by atoms with Crippen LogP contribution in [-0.4, -0.2) is 14.5 Å². The number of rotatable bonds is 0. The predicted molar refractivity (Wildman–Crippen MR) is 94.2 cm³/mol. The summed E-state index contributed by atoms with van der Waals surface area (Å²) >= 11 is 0. The van der Waals surface area contributed by atoms with Crippen molar-refractivity contribution in [3.63, 3.8) is 0 Å². The Morgan fingerprint density at radius 1 is 1.00 bits per heavy atom. The lowest BCUT2D eigenvalue weighted by atomic mass is 10.0. The van der Waals surface area contributed by atoms with Gasteiger partial charge in [-0.3, -0.25) is 9.36 Å². The Kier molecular flexibility index (Phi) is 3.03. The van der Waals surface area contributed by atoms with Gasteiger partial charge >= 0.3 is 0 Å². The van der Waals surface area contributed by atoms with Crippen LogP contribution in [0.1, 0.15) is 5.56 Å². The standard InChI is InChI=1S/C18H13N3O.ClH/c22-18-13-6-2-4-8-15(13)20-17-16-12(9-10-21(17)18)11-5-1-3-7-14(11)19-16;/h1-8,19H,9-10H2;1H. The van der Waals surface area contributed by atoms with Crippen LogP contribution in [0.25, 0.3) is 33.3 Å². The van der Waals surface area contributed by atoms with Gasteiger partial charge in [-0.15, -0.1) is 12.4 Å². The molecule has 0 saturated carbocycles. The molecule has 114 valence electrons. The van der Waals surface area contributed by atoms with Crippen LogP contribution < -0.4 is 5.56 Å². The highest BCUT2D eigenvalue weighted by Gasteiger charge is 2.23. The number of aromatic nitrogens is 3. The van der Waals surface area contributed by atoms with Crippen molar-refractivity contribution in [1.82, 2.24) is 14.5 Å². The fourth-order valence-electron chi connectivity index (χ4n) is 3.44. The minimum absolute atomic E-state index is 0. The van der Waals surface area contributed by atoms with Crippen LogP contribution in [-0.2, 0) is 13.0 Å². The second-order valence-corrected chi connectivity index (χ2v) is 5.68. The van der Waals surface area contributed by atoms with Crippen LogP contribution >= 0.6 is 12.4 Å². The first-order valence-electron chi connectivity index (χ1n) is 7.42. The third kappa shape index (κ3) is 1.85. The Bertz CT molecular complexity index is 1110. The molecule has 0 fully saturated rings. The zero-order chi connectivity index (χ0) is 14.7. The Hall–Kier alpha value is -2.59. The summed E-state index contributed by atoms with van der Waals surface area (Å²) in [6.07, 6.45) is 0.853. The minimum Gasteiger partial charge on any atom is -0.352 e. The molecule has 0 unspecified atom stereocenters. The van der Waals surface area contributed by atoms with E-state index in [1.54, 1.807) is 4.57 Å². The molecule has 1 aliphatic heterocycles. The van der Waals surface area contributed by atoms with Gasteiger partial charge in [0.2, 0.25) is 0 Å². The lowest BCUT2D eigenvalue weighted by Gasteiger charge is -2.18. The van der Waals surface area contributed by atoms with E-state index in [1.807, 2.05) is 36.4 Å². The van der Waals surface area contributed by atoms with E-state index in [2.05, 4.69) is 17.1 Å². The SMILES string of the molecule is Cl.O=c1c2ccccc2nc2n1CCc1c-2[nH]c2ccccc12. The molecule has 0 radical (unpaired) electrons. The fourth-order valence-corrected chi connectivity index (χ4v) is 3.44. The molecule has 3 heterocycles. The average Bonchev–Trinajstić information content (AvgIpc) is 2.94. The van der Waals surface area contributed by atoms with Gasteiger partial charge in [-0.1, -0.05) is 30.3 Å². The summed E-state index contributed by atoms with van der Waals surface area (Å²) in [6.45, 7) is 0.681. The number of hydrogen-bond acceptors (Lipinski definition) is 2. The van der Waals surface area contributed by atoms with Crippen LogP contribution in [0.15, 0.2) is 53.3 Å². The predicted octanol–water partition coefficient (Wildman–Crippen LogP) is 3.52. The van der Waals surface area contributed by atoms with Gasteiger partial charge < -0.3 is 4.98 Å². The quantitative estimate of drug-likeness (QED) is 0.538. The first-order chi connectivity index (χ1) is 10.8. The van der Waals surface area contributed by atoms with E-state index in [9.17, 15) is 4.79 Å². The number of nitrogens with one attached hydrogen (secondary N) is 1. The smallest absolute Gasteiger partial charge is 0.261 e. The van der Waals surface area contributed by atoms with Crippen LogP contribution in [0.4, 0.5) is 0 Å². The maximum Gasteiger partial charge on any atom is 0.261 e. The van der Waals surface area contributed by atoms with Gasteiger partial charge in [0.15, 0.2) is 5.82 Å². The molecule has 0 spiro atoms. The van der Waals surface area contributed by atoms with Crippen LogP contribution in [0, 0.1) is 0 Å². The van der Waals surface area contributed by atoms with E-state index in [0.29, 0.717) is 11.9 Å². The third-order valence-electron chi connectivity index (χ3n) is 4.48. The minimum atomic E-state index is 0. The Balaban J connectivity index is 0.00000135. The summed E-state index contributed by atoms with van der Waals surface area (Å²) in [7, 11) is 0. The highest BCUT2D eigenvalue weighted by Crippen LogP contribution is 2.33. The fraction of sp³-hybridized carbons (Fsp3) is 0.111. The first-order valence-corrected chi connectivity index (χ1v) is 7.42. The van der Waals surface area contributed by atoms with Crippen molar-refractivity contribution in [3.8, 4) is 11.5 Å². The molecule has 0 bridgehead atoms. The monoisotopic (exact) mass is 323 g/mol. The van der Waals surface area contributed by atoms with Gasteiger partial charge in [0, 0.05) is 17.4 Å². The number of fused-ring (bicyclic) bond motifs is 6. The zero-order valence-corrected chi connectivity index (χ0v) is 13.1. The van der Waals surface area contributed by atoms with E-state index < -0.39 is 0 Å². The van der Waals surface area contributed by atoms with E-state index >= 15 is 0 Å². The molecule has 5 heteroatoms. The van der Waals surface area contributed by atoms with Crippen LogP contribution in [0.2, 0.25) is 0 Å². The molecule has 1 aliphatic rings. The summed E-state index contributed by atoms with van der Waals surface area (Å²) in [5, 5.41) is 1.91. The molecule has 2 aromatic heterocycles. The number of para-hydroxylation sites is 2. The molecule has 0 atom stereocenters. The summed E-state index contributed by atoms with van der Waals surface area (Å²) in [5.41, 5.74) is 4.15. The highest BCUT2D eigenvalue weighted by molar-refractivity contribution is 5.91. The number of aromatic amines is 1. The maximum atomic E-state index is 12.7. The second-order valence-electron chi connectivity index (χ2n) is 5.68. The lowest BCUT2D eigenvalue weighted by molar-refractivity contribution is 0.653. The molecular weight excluding hydrogens is 310 g/mol. The topological polar surface area (TPSA) is 50.7 Å². The van der Waals surface area contributed by atoms with Crippen molar-refractivity contribution < 1.29 is 0 Å². The second kappa shape index (κ2) is 4.96. The van der Waals surface area contributed by atoms with Gasteiger partial charge in [0.1, 0.15) is 0 Å². The van der Waals surface area contributed by atoms with Gasteiger partial charge in [0.25, 0.3) is 5.56 Å². The van der Waals surface area contributed by atoms with Gasteiger partial charge in [-0.2, -0.15) is 0 Å². The summed E-state index contributed by atoms with van der Waals surface area (Å²) < 4.78 is 1.79. The molecule has 0 saturated heterocycles. The highest BCUT2D eigenvalue weighted by atomic mass is 35.5. The van der Waals surface area contributed by atoms with Crippen molar-refractivity contribution >= 4 is 34.2 Å². The molecule has 4 nitrogen and oxygen atoms in total. The molecule has 0 amide bonds. The summed E-state index contributed by atoms with van der Waals surface area (Å²) in [6, 6.07) is 15.8. The van der Waals surface area contributed by atoms with Gasteiger partial charge in [0.05, 0.1) is 16.6 Å². The number of hydrogen-bond donors (Lipinski definition) is 1. The molecule has 5 rings (SSSR count). The van der Waals surface area contributed by atoms with Crippen molar-refractivity contribution in [2.75, 3.05) is 0 Å². The third-order valence-corrected chi connectivity index (χ3v) is 4.48. The lowest BCUT2D eigenvalue weighted by Crippen LogP contribution is -2.27. The molecule has 1 N–H and O–H groups in total. The molecule has 4 aromatic rings. The number of H-pyrrole nitrogens is 1. The van der Waals surface area contributed by atoms with Crippen molar-refractivity contribution in [1.29, 1.82) is 0 Å². The number of halogens is 1. The largest absolute Gasteiger partial charge is 0.352 e. The average molecular weight is 324 g/mol. The van der Waals surface area contributed by atoms with E-state index in [4.69, 9.17) is 4.98 Å². The van der Waals surface area contributed by atoms with E-state index in [0.717, 1.165) is 29.0 Å². The normalized spacial score (nSPS) is 12.7. The molecule has 23 heavy (non-hydrogen) atoms. The zero-order valence-electron chi connectivity index (χ0n) is 12.2. The Morgan fingerprint density at radius 2 is 1.74 bits per heavy atom. The van der Waals surface area contributed by atoms with E-state index in [1.165, 1.54) is 10.9 Å². The van der Waals surface area contributed by atoms with E-state index in [-0.39, 0.29) is 18.0 Å². The van der Waals surface area contributed by atoms with Crippen molar-refractivity contribution in [2.45, 2.75) is 13.0 Å². The number of nitrogens with zero attached hydrogens (tertiary/aromatic N) is 2. The Labute approximate surface area is 138 Å². The van der Waals surface area contributed by atoms with Crippen LogP contribution in [0.3, 0.4) is 0 Å². The summed E-state index contributed by atoms with van der Waals surface area (Å²) in [5.74, 6) is 0.751. The molecule has 0 aliphatic carbocycles. The molecular formula is C18H14ClN3O. The summed E-state index contributed by atoms with van der Waals surface area (Å²) in [4.78, 5) is 20.9. The number of aryl methyl sites for hydroxylation is 1. The molecule has 2 aromatic carbocycles. The van der Waals surface area contributed by atoms with Crippen molar-refractivity contribution in [3.05, 3.63) is 64.4 Å². The first kappa shape index (κ1) is 14.0. The van der Waals surface area contributed by atoms with Crippen molar-refractivity contribution in [2.24, 2.45) is 0 Å². The number of benzene rings is 2. The van der Waals surface area contributed by atoms with Gasteiger partial charge in [-0.05, 0) is 30.2 Å². The Morgan fingerprint density at radius 3 is 2.61 bits per heavy atom. The van der Waals surface area contributed by atoms with Crippen LogP contribution in [0.5, 0.6) is 0 Å². The maximum absolute atomic E-state index is 12.7. The van der Waals surface area contributed by atoms with Gasteiger partial charge in [-0.25, -0.2) is 4.98 Å².